The van der Waals surface area contributed by atoms with Crippen molar-refractivity contribution in [3.8, 4) is 0 Å². The van der Waals surface area contributed by atoms with Crippen LogP contribution in [0.4, 0.5) is 0 Å². The summed E-state index contributed by atoms with van der Waals surface area (Å²) in [5.74, 6) is -0.688. The number of carboxylic acids is 1. The number of thiophene rings is 1. The largest absolute Gasteiger partial charge is 0.481 e. The highest BCUT2D eigenvalue weighted by Gasteiger charge is 2.40. The zero-order chi connectivity index (χ0) is 9.64. The third-order valence-electron chi connectivity index (χ3n) is 2.51. The van der Waals surface area contributed by atoms with Gasteiger partial charge in [-0.2, -0.15) is 0 Å². The minimum Gasteiger partial charge on any atom is -0.481 e. The maximum atomic E-state index is 11.0. The SMILES string of the molecule is C[C@@]1(C(=O)O)Cc2cc(Br)sc2C1. The lowest BCUT2D eigenvalue weighted by molar-refractivity contribution is -0.147. The van der Waals surface area contributed by atoms with Crippen molar-refractivity contribution in [3.05, 3.63) is 20.3 Å². The Hall–Kier alpha value is -0.350. The number of halogens is 1. The topological polar surface area (TPSA) is 37.3 Å². The molecule has 0 unspecified atom stereocenters. The van der Waals surface area contributed by atoms with Gasteiger partial charge in [0.2, 0.25) is 0 Å². The average molecular weight is 261 g/mol. The molecule has 2 nitrogen and oxygen atoms in total. The third-order valence-corrected chi connectivity index (χ3v) is 4.19. The van der Waals surface area contributed by atoms with Gasteiger partial charge in [0.25, 0.3) is 0 Å². The second-order valence-corrected chi connectivity index (χ2v) is 6.23. The summed E-state index contributed by atoms with van der Waals surface area (Å²) in [5.41, 5.74) is 0.628. The summed E-state index contributed by atoms with van der Waals surface area (Å²) >= 11 is 5.05. The van der Waals surface area contributed by atoms with Crippen molar-refractivity contribution in [2.45, 2.75) is 19.8 Å². The Morgan fingerprint density at radius 3 is 2.92 bits per heavy atom. The first-order valence-corrected chi connectivity index (χ1v) is 5.63. The van der Waals surface area contributed by atoms with Crippen LogP contribution in [0.5, 0.6) is 0 Å². The first kappa shape index (κ1) is 9.21. The van der Waals surface area contributed by atoms with Crippen molar-refractivity contribution in [3.63, 3.8) is 0 Å². The fourth-order valence-corrected chi connectivity index (χ4v) is 3.67. The normalized spacial score (nSPS) is 26.0. The van der Waals surface area contributed by atoms with E-state index < -0.39 is 11.4 Å². The van der Waals surface area contributed by atoms with Crippen molar-refractivity contribution in [1.82, 2.24) is 0 Å². The summed E-state index contributed by atoms with van der Waals surface area (Å²) in [7, 11) is 0. The van der Waals surface area contributed by atoms with Crippen LogP contribution in [0.15, 0.2) is 9.85 Å². The van der Waals surface area contributed by atoms with E-state index in [4.69, 9.17) is 5.11 Å². The molecular formula is C9H9BrO2S. The molecule has 0 radical (unpaired) electrons. The van der Waals surface area contributed by atoms with E-state index in [1.54, 1.807) is 11.3 Å². The van der Waals surface area contributed by atoms with Crippen LogP contribution < -0.4 is 0 Å². The lowest BCUT2D eigenvalue weighted by Crippen LogP contribution is -2.27. The maximum Gasteiger partial charge on any atom is 0.310 e. The van der Waals surface area contributed by atoms with E-state index in [0.717, 1.165) is 3.79 Å². The smallest absolute Gasteiger partial charge is 0.310 e. The van der Waals surface area contributed by atoms with Gasteiger partial charge in [0.15, 0.2) is 0 Å². The van der Waals surface area contributed by atoms with E-state index in [0.29, 0.717) is 12.8 Å². The lowest BCUT2D eigenvalue weighted by Gasteiger charge is -2.16. The molecule has 4 heteroatoms. The predicted molar refractivity (Wildman–Crippen MR) is 55.2 cm³/mol. The zero-order valence-corrected chi connectivity index (χ0v) is 9.54. The monoisotopic (exact) mass is 260 g/mol. The Labute approximate surface area is 88.7 Å². The second kappa shape index (κ2) is 2.82. The predicted octanol–water partition coefficient (Wildman–Crippen LogP) is 2.70. The summed E-state index contributed by atoms with van der Waals surface area (Å²) < 4.78 is 1.10. The van der Waals surface area contributed by atoms with E-state index >= 15 is 0 Å². The van der Waals surface area contributed by atoms with E-state index in [1.165, 1.54) is 10.4 Å². The molecule has 1 aromatic heterocycles. The third kappa shape index (κ3) is 1.42. The summed E-state index contributed by atoms with van der Waals surface area (Å²) in [4.78, 5) is 12.2. The molecule has 13 heavy (non-hydrogen) atoms. The molecule has 2 rings (SSSR count). The minimum absolute atomic E-state index is 0.568. The van der Waals surface area contributed by atoms with Crippen molar-refractivity contribution < 1.29 is 9.90 Å². The van der Waals surface area contributed by atoms with Gasteiger partial charge < -0.3 is 5.11 Å². The van der Waals surface area contributed by atoms with Crippen LogP contribution in [0.3, 0.4) is 0 Å². The molecule has 0 saturated carbocycles. The van der Waals surface area contributed by atoms with Gasteiger partial charge in [-0.25, -0.2) is 0 Å². The van der Waals surface area contributed by atoms with Crippen LogP contribution in [0, 0.1) is 5.41 Å². The molecule has 1 atom stereocenters. The highest BCUT2D eigenvalue weighted by atomic mass is 79.9. The van der Waals surface area contributed by atoms with Crippen molar-refractivity contribution in [1.29, 1.82) is 0 Å². The Balaban J connectivity index is 2.33. The number of aliphatic carboxylic acids is 1. The highest BCUT2D eigenvalue weighted by Crippen LogP contribution is 2.42. The molecule has 1 aliphatic rings. The molecule has 0 aromatic carbocycles. The Morgan fingerprint density at radius 1 is 1.69 bits per heavy atom. The molecule has 0 bridgehead atoms. The molecule has 1 aliphatic carbocycles. The number of hydrogen-bond acceptors (Lipinski definition) is 2. The maximum absolute atomic E-state index is 11.0. The summed E-state index contributed by atoms with van der Waals surface area (Å²) in [6, 6.07) is 2.04. The van der Waals surface area contributed by atoms with E-state index in [9.17, 15) is 4.79 Å². The van der Waals surface area contributed by atoms with Gasteiger partial charge in [-0.15, -0.1) is 11.3 Å². The first-order chi connectivity index (χ1) is 6.01. The first-order valence-electron chi connectivity index (χ1n) is 4.02. The van der Waals surface area contributed by atoms with E-state index in [-0.39, 0.29) is 0 Å². The summed E-state index contributed by atoms with van der Waals surface area (Å²) in [6.45, 7) is 1.82. The molecule has 0 amide bonds. The standard InChI is InChI=1S/C9H9BrO2S/c1-9(8(11)12)3-5-2-7(10)13-6(5)4-9/h2H,3-4H2,1H3,(H,11,12)/t9-/m1/s1. The fraction of sp³-hybridized carbons (Fsp3) is 0.444. The molecule has 1 aromatic rings. The van der Waals surface area contributed by atoms with E-state index in [1.807, 2.05) is 13.0 Å². The number of hydrogen-bond donors (Lipinski definition) is 1. The second-order valence-electron chi connectivity index (χ2n) is 3.72. The van der Waals surface area contributed by atoms with Crippen LogP contribution in [0.25, 0.3) is 0 Å². The van der Waals surface area contributed by atoms with Gasteiger partial charge in [-0.3, -0.25) is 4.79 Å². The Bertz CT molecular complexity index is 346. The van der Waals surface area contributed by atoms with E-state index in [2.05, 4.69) is 15.9 Å². The van der Waals surface area contributed by atoms with Gasteiger partial charge in [0.05, 0.1) is 9.20 Å². The van der Waals surface area contributed by atoms with Crippen molar-refractivity contribution in [2.24, 2.45) is 5.41 Å². The molecule has 70 valence electrons. The molecule has 0 saturated heterocycles. The van der Waals surface area contributed by atoms with Gasteiger partial charge >= 0.3 is 5.97 Å². The Kier molecular flexibility index (Phi) is 2.00. The van der Waals surface area contributed by atoms with Crippen LogP contribution in [-0.2, 0) is 17.6 Å². The molecular weight excluding hydrogens is 252 g/mol. The van der Waals surface area contributed by atoms with Crippen molar-refractivity contribution >= 4 is 33.2 Å². The number of rotatable bonds is 1. The minimum atomic E-state index is -0.688. The van der Waals surface area contributed by atoms with Gasteiger partial charge in [-0.1, -0.05) is 0 Å². The summed E-state index contributed by atoms with van der Waals surface area (Å²) in [5, 5.41) is 9.03. The Morgan fingerprint density at radius 2 is 2.38 bits per heavy atom. The molecule has 1 N–H and O–H groups in total. The number of carboxylic acid groups (broad SMARTS) is 1. The molecule has 0 aliphatic heterocycles. The van der Waals surface area contributed by atoms with Gasteiger partial charge in [0.1, 0.15) is 0 Å². The molecule has 0 spiro atoms. The fourth-order valence-electron chi connectivity index (χ4n) is 1.72. The quantitative estimate of drug-likeness (QED) is 0.843. The average Bonchev–Trinajstić information content (AvgIpc) is 2.42. The van der Waals surface area contributed by atoms with Crippen LogP contribution in [0.2, 0.25) is 0 Å². The summed E-state index contributed by atoms with van der Waals surface area (Å²) in [6.07, 6.45) is 1.34. The van der Waals surface area contributed by atoms with Gasteiger partial charge in [-0.05, 0) is 47.3 Å². The van der Waals surface area contributed by atoms with Gasteiger partial charge in [0, 0.05) is 4.88 Å². The lowest BCUT2D eigenvalue weighted by atomic mass is 9.88. The van der Waals surface area contributed by atoms with Crippen LogP contribution in [0.1, 0.15) is 17.4 Å². The van der Waals surface area contributed by atoms with Crippen molar-refractivity contribution in [2.75, 3.05) is 0 Å². The number of fused-ring (bicyclic) bond motifs is 1. The zero-order valence-electron chi connectivity index (χ0n) is 7.13. The van der Waals surface area contributed by atoms with Crippen LogP contribution in [-0.4, -0.2) is 11.1 Å². The van der Waals surface area contributed by atoms with Crippen LogP contribution >= 0.6 is 27.3 Å². The highest BCUT2D eigenvalue weighted by molar-refractivity contribution is 9.11. The molecule has 0 fully saturated rings. The molecule has 1 heterocycles. The number of carbonyl (C=O) groups is 1.